The maximum absolute atomic E-state index is 13.7. The summed E-state index contributed by atoms with van der Waals surface area (Å²) in [6.45, 7) is 10.1. The summed E-state index contributed by atoms with van der Waals surface area (Å²) in [6.07, 6.45) is 5.81. The highest BCUT2D eigenvalue weighted by molar-refractivity contribution is 6.06. The summed E-state index contributed by atoms with van der Waals surface area (Å²) in [6, 6.07) is 3.09. The number of aromatic nitrogens is 3. The van der Waals surface area contributed by atoms with Crippen LogP contribution in [0.4, 0.5) is 0 Å². The van der Waals surface area contributed by atoms with Crippen LogP contribution in [0.2, 0.25) is 0 Å². The van der Waals surface area contributed by atoms with E-state index in [1.807, 2.05) is 11.6 Å². The lowest BCUT2D eigenvalue weighted by molar-refractivity contribution is 0.0750. The molecule has 3 aliphatic rings. The van der Waals surface area contributed by atoms with E-state index >= 15 is 0 Å². The molecule has 28 heavy (non-hydrogen) atoms. The van der Waals surface area contributed by atoms with E-state index in [0.29, 0.717) is 18.0 Å². The summed E-state index contributed by atoms with van der Waals surface area (Å²) >= 11 is 0. The monoisotopic (exact) mass is 381 g/mol. The summed E-state index contributed by atoms with van der Waals surface area (Å²) in [5.74, 6) is 0.654. The molecule has 2 aromatic heterocycles. The molecule has 1 N–H and O–H groups in total. The van der Waals surface area contributed by atoms with Crippen molar-refractivity contribution in [2.24, 2.45) is 0 Å². The van der Waals surface area contributed by atoms with Gasteiger partial charge in [0.05, 0.1) is 22.2 Å². The molecule has 2 aromatic rings. The van der Waals surface area contributed by atoms with Gasteiger partial charge in [0.15, 0.2) is 5.65 Å². The van der Waals surface area contributed by atoms with Crippen LogP contribution in [0.1, 0.15) is 80.5 Å². The lowest BCUT2D eigenvalue weighted by Crippen LogP contribution is -2.39. The Hall–Kier alpha value is -1.95. The van der Waals surface area contributed by atoms with Crippen LogP contribution in [0, 0.1) is 6.92 Å². The van der Waals surface area contributed by atoms with E-state index < -0.39 is 0 Å². The predicted molar refractivity (Wildman–Crippen MR) is 110 cm³/mol. The van der Waals surface area contributed by atoms with Gasteiger partial charge in [-0.25, -0.2) is 9.67 Å². The molecule has 2 unspecified atom stereocenters. The number of nitrogens with zero attached hydrogens (tertiary/aromatic N) is 4. The number of nitrogens with one attached hydrogen (secondary N) is 1. The van der Waals surface area contributed by atoms with Crippen molar-refractivity contribution in [1.29, 1.82) is 0 Å². The lowest BCUT2D eigenvalue weighted by atomic mass is 10.0. The number of fused-ring (bicyclic) bond motifs is 3. The van der Waals surface area contributed by atoms with Crippen LogP contribution in [0.15, 0.2) is 6.07 Å². The number of rotatable bonds is 2. The van der Waals surface area contributed by atoms with E-state index in [9.17, 15) is 4.79 Å². The zero-order valence-electron chi connectivity index (χ0n) is 17.5. The number of hydrogen-bond acceptors (Lipinski definition) is 4. The summed E-state index contributed by atoms with van der Waals surface area (Å²) in [7, 11) is 0. The van der Waals surface area contributed by atoms with Gasteiger partial charge < -0.3 is 10.2 Å². The topological polar surface area (TPSA) is 63.1 Å². The number of hydrogen-bond donors (Lipinski definition) is 1. The number of likely N-dealkylation sites (tertiary alicyclic amines) is 1. The highest BCUT2D eigenvalue weighted by atomic mass is 16.2. The maximum atomic E-state index is 13.7. The fourth-order valence-electron chi connectivity index (χ4n) is 4.83. The molecule has 2 aliphatic heterocycles. The zero-order valence-corrected chi connectivity index (χ0v) is 17.5. The largest absolute Gasteiger partial charge is 0.337 e. The Morgan fingerprint density at radius 1 is 1.14 bits per heavy atom. The Morgan fingerprint density at radius 3 is 2.61 bits per heavy atom. The van der Waals surface area contributed by atoms with E-state index in [-0.39, 0.29) is 11.4 Å². The first-order chi connectivity index (χ1) is 13.3. The van der Waals surface area contributed by atoms with Crippen molar-refractivity contribution in [3.63, 3.8) is 0 Å². The van der Waals surface area contributed by atoms with E-state index in [4.69, 9.17) is 10.1 Å². The summed E-state index contributed by atoms with van der Waals surface area (Å²) < 4.78 is 2.01. The van der Waals surface area contributed by atoms with Crippen molar-refractivity contribution in [1.82, 2.24) is 25.0 Å². The van der Waals surface area contributed by atoms with Gasteiger partial charge in [0.2, 0.25) is 0 Å². The number of carbonyl (C=O) groups is 1. The molecule has 4 heterocycles. The normalized spacial score (nSPS) is 25.4. The third kappa shape index (κ3) is 3.02. The van der Waals surface area contributed by atoms with Crippen LogP contribution >= 0.6 is 0 Å². The molecule has 6 heteroatoms. The quantitative estimate of drug-likeness (QED) is 0.867. The van der Waals surface area contributed by atoms with Gasteiger partial charge in [-0.05, 0) is 65.9 Å². The van der Waals surface area contributed by atoms with Gasteiger partial charge in [0, 0.05) is 36.8 Å². The second-order valence-electron chi connectivity index (χ2n) is 9.91. The molecule has 0 spiro atoms. The Balaban J connectivity index is 1.61. The molecule has 1 aliphatic carbocycles. The molecule has 1 saturated carbocycles. The Morgan fingerprint density at radius 2 is 1.89 bits per heavy atom. The minimum Gasteiger partial charge on any atom is -0.337 e. The first kappa shape index (κ1) is 18.1. The first-order valence-corrected chi connectivity index (χ1v) is 10.8. The van der Waals surface area contributed by atoms with Crippen LogP contribution in [0.3, 0.4) is 0 Å². The summed E-state index contributed by atoms with van der Waals surface area (Å²) in [5.41, 5.74) is 3.46. The Kier molecular flexibility index (Phi) is 4.06. The number of amides is 1. The average Bonchev–Trinajstić information content (AvgIpc) is 3.34. The summed E-state index contributed by atoms with van der Waals surface area (Å²) in [5, 5.41) is 9.41. The predicted octanol–water partition coefficient (Wildman–Crippen LogP) is 3.34. The first-order valence-electron chi connectivity index (χ1n) is 10.8. The standard InChI is InChI=1S/C22H31N5O/c1-13-19-17(21(28)26-10-9-15-7-8-16(12-26)23-15)11-18(14-5-6-14)24-20(19)27(25-13)22(2,3)4/h11,14-16,23H,5-10,12H2,1-4H3. The van der Waals surface area contributed by atoms with Crippen LogP contribution in [0.5, 0.6) is 0 Å². The molecule has 3 fully saturated rings. The molecular weight excluding hydrogens is 350 g/mol. The average molecular weight is 382 g/mol. The number of pyridine rings is 1. The smallest absolute Gasteiger partial charge is 0.254 e. The number of carbonyl (C=O) groups excluding carboxylic acids is 1. The van der Waals surface area contributed by atoms with Crippen LogP contribution < -0.4 is 5.32 Å². The summed E-state index contributed by atoms with van der Waals surface area (Å²) in [4.78, 5) is 20.7. The number of aryl methyl sites for hydroxylation is 1. The molecule has 0 radical (unpaired) electrons. The van der Waals surface area contributed by atoms with Gasteiger partial charge in [-0.1, -0.05) is 0 Å². The van der Waals surface area contributed by atoms with Crippen LogP contribution in [-0.2, 0) is 5.54 Å². The van der Waals surface area contributed by atoms with E-state index in [0.717, 1.165) is 47.5 Å². The van der Waals surface area contributed by atoms with Gasteiger partial charge >= 0.3 is 0 Å². The van der Waals surface area contributed by atoms with Crippen molar-refractivity contribution >= 4 is 16.9 Å². The molecule has 2 bridgehead atoms. The van der Waals surface area contributed by atoms with Gasteiger partial charge in [0.1, 0.15) is 0 Å². The fourth-order valence-corrected chi connectivity index (χ4v) is 4.83. The minimum atomic E-state index is -0.173. The lowest BCUT2D eigenvalue weighted by Gasteiger charge is -2.25. The van der Waals surface area contributed by atoms with Gasteiger partial charge in [-0.2, -0.15) is 5.10 Å². The molecule has 2 saturated heterocycles. The van der Waals surface area contributed by atoms with Gasteiger partial charge in [0.25, 0.3) is 5.91 Å². The van der Waals surface area contributed by atoms with Crippen molar-refractivity contribution < 1.29 is 4.79 Å². The van der Waals surface area contributed by atoms with Crippen molar-refractivity contribution in [2.75, 3.05) is 13.1 Å². The molecule has 6 nitrogen and oxygen atoms in total. The molecule has 150 valence electrons. The van der Waals surface area contributed by atoms with E-state index in [1.54, 1.807) is 0 Å². The second kappa shape index (κ2) is 6.28. The Labute approximate surface area is 166 Å². The minimum absolute atomic E-state index is 0.153. The third-order valence-electron chi connectivity index (χ3n) is 6.50. The van der Waals surface area contributed by atoms with Gasteiger partial charge in [-0.15, -0.1) is 0 Å². The second-order valence-corrected chi connectivity index (χ2v) is 9.91. The fraction of sp³-hybridized carbons (Fsp3) is 0.682. The van der Waals surface area contributed by atoms with Crippen molar-refractivity contribution in [2.45, 2.75) is 83.3 Å². The molecule has 2 atom stereocenters. The van der Waals surface area contributed by atoms with Gasteiger partial charge in [-0.3, -0.25) is 4.79 Å². The molecule has 5 rings (SSSR count). The highest BCUT2D eigenvalue weighted by Crippen LogP contribution is 2.41. The molecule has 0 aromatic carbocycles. The highest BCUT2D eigenvalue weighted by Gasteiger charge is 2.34. The Bertz CT molecular complexity index is 937. The zero-order chi connectivity index (χ0) is 19.6. The SMILES string of the molecule is Cc1nn(C(C)(C)C)c2nc(C3CC3)cc(C(=O)N3CCC4CCC(C3)N4)c12. The molecular formula is C22H31N5O. The van der Waals surface area contributed by atoms with Crippen molar-refractivity contribution in [3.8, 4) is 0 Å². The third-order valence-corrected chi connectivity index (χ3v) is 6.50. The van der Waals surface area contributed by atoms with Crippen LogP contribution in [0.25, 0.3) is 11.0 Å². The molecule has 1 amide bonds. The van der Waals surface area contributed by atoms with E-state index in [1.165, 1.54) is 25.7 Å². The van der Waals surface area contributed by atoms with Crippen LogP contribution in [-0.4, -0.2) is 50.7 Å². The maximum Gasteiger partial charge on any atom is 0.254 e. The van der Waals surface area contributed by atoms with Crippen molar-refractivity contribution in [3.05, 3.63) is 23.0 Å². The van der Waals surface area contributed by atoms with E-state index in [2.05, 4.69) is 37.1 Å².